The van der Waals surface area contributed by atoms with Crippen LogP contribution in [0.2, 0.25) is 0 Å². The van der Waals surface area contributed by atoms with E-state index in [1.165, 1.54) is 0 Å². The fourth-order valence-corrected chi connectivity index (χ4v) is 2.27. The van der Waals surface area contributed by atoms with E-state index in [-0.39, 0.29) is 18.3 Å². The van der Waals surface area contributed by atoms with Gasteiger partial charge in [0.15, 0.2) is 12.4 Å². The van der Waals surface area contributed by atoms with E-state index in [1.807, 2.05) is 18.2 Å². The number of Topliss-reactive ketones (excluding diaryl/α,β-unsaturated/α-hetero) is 1. The minimum absolute atomic E-state index is 0.0215. The second-order valence-corrected chi connectivity index (χ2v) is 5.53. The maximum atomic E-state index is 12.0. The van der Waals surface area contributed by atoms with Gasteiger partial charge in [0.1, 0.15) is 5.75 Å². The van der Waals surface area contributed by atoms with Gasteiger partial charge in [0.25, 0.3) is 5.91 Å². The molecule has 2 aromatic carbocycles. The highest BCUT2D eigenvalue weighted by Crippen LogP contribution is 2.23. The molecular weight excluding hydrogens is 346 g/mol. The van der Waals surface area contributed by atoms with Crippen molar-refractivity contribution in [2.24, 2.45) is 0 Å². The van der Waals surface area contributed by atoms with Crippen molar-refractivity contribution in [3.05, 3.63) is 58.6 Å². The summed E-state index contributed by atoms with van der Waals surface area (Å²) in [6, 6.07) is 14.3. The Morgan fingerprint density at radius 1 is 1.14 bits per heavy atom. The largest absolute Gasteiger partial charge is 0.484 e. The van der Waals surface area contributed by atoms with Gasteiger partial charge in [-0.15, -0.1) is 0 Å². The van der Waals surface area contributed by atoms with Crippen LogP contribution in [-0.4, -0.2) is 18.3 Å². The van der Waals surface area contributed by atoms with Crippen LogP contribution in [0.5, 0.6) is 5.75 Å². The molecule has 0 aliphatic heterocycles. The van der Waals surface area contributed by atoms with Gasteiger partial charge in [0, 0.05) is 16.5 Å². The van der Waals surface area contributed by atoms with E-state index < -0.39 is 0 Å². The summed E-state index contributed by atoms with van der Waals surface area (Å²) in [5.74, 6) is 0.288. The summed E-state index contributed by atoms with van der Waals surface area (Å²) in [6.07, 6.45) is 0.380. The van der Waals surface area contributed by atoms with Crippen molar-refractivity contribution in [1.82, 2.24) is 0 Å². The van der Waals surface area contributed by atoms with Crippen LogP contribution in [0.3, 0.4) is 0 Å². The summed E-state index contributed by atoms with van der Waals surface area (Å²) in [5, 5.41) is 2.72. The molecule has 0 spiro atoms. The SMILES string of the molecule is CCC(=O)c1ccc(Br)cc1NC(=O)COc1ccccc1. The number of carbonyl (C=O) groups excluding carboxylic acids is 2. The lowest BCUT2D eigenvalue weighted by Gasteiger charge is -2.11. The highest BCUT2D eigenvalue weighted by molar-refractivity contribution is 9.10. The van der Waals surface area contributed by atoms with Crippen LogP contribution in [0.25, 0.3) is 0 Å². The lowest BCUT2D eigenvalue weighted by Crippen LogP contribution is -2.21. The highest BCUT2D eigenvalue weighted by atomic mass is 79.9. The molecule has 0 aliphatic carbocycles. The van der Waals surface area contributed by atoms with E-state index in [9.17, 15) is 9.59 Å². The predicted molar refractivity (Wildman–Crippen MR) is 89.3 cm³/mol. The van der Waals surface area contributed by atoms with Crippen molar-refractivity contribution in [2.45, 2.75) is 13.3 Å². The van der Waals surface area contributed by atoms with Crippen LogP contribution in [0, 0.1) is 0 Å². The number of anilines is 1. The van der Waals surface area contributed by atoms with Crippen molar-refractivity contribution in [3.8, 4) is 5.75 Å². The van der Waals surface area contributed by atoms with Gasteiger partial charge < -0.3 is 10.1 Å². The maximum absolute atomic E-state index is 12.0. The van der Waals surface area contributed by atoms with Crippen LogP contribution < -0.4 is 10.1 Å². The molecule has 0 heterocycles. The van der Waals surface area contributed by atoms with E-state index in [1.54, 1.807) is 37.3 Å². The first kappa shape index (κ1) is 16.2. The molecule has 0 aromatic heterocycles. The van der Waals surface area contributed by atoms with Gasteiger partial charge in [-0.2, -0.15) is 0 Å². The molecule has 22 heavy (non-hydrogen) atoms. The van der Waals surface area contributed by atoms with Crippen molar-refractivity contribution in [1.29, 1.82) is 0 Å². The van der Waals surface area contributed by atoms with Crippen LogP contribution >= 0.6 is 15.9 Å². The quantitative estimate of drug-likeness (QED) is 0.789. The second-order valence-electron chi connectivity index (χ2n) is 4.62. The molecule has 0 bridgehead atoms. The summed E-state index contributed by atoms with van der Waals surface area (Å²) in [6.45, 7) is 1.67. The van der Waals surface area contributed by atoms with Crippen molar-refractivity contribution >= 4 is 33.3 Å². The topological polar surface area (TPSA) is 55.4 Å². The summed E-state index contributed by atoms with van der Waals surface area (Å²) in [4.78, 5) is 23.9. The molecule has 0 unspecified atom stereocenters. The molecule has 4 nitrogen and oxygen atoms in total. The Kier molecular flexibility index (Phi) is 5.72. The molecule has 114 valence electrons. The first-order valence-electron chi connectivity index (χ1n) is 6.90. The molecule has 1 N–H and O–H groups in total. The van der Waals surface area contributed by atoms with Gasteiger partial charge in [0.2, 0.25) is 0 Å². The van der Waals surface area contributed by atoms with Crippen molar-refractivity contribution in [3.63, 3.8) is 0 Å². The zero-order valence-corrected chi connectivity index (χ0v) is 13.7. The highest BCUT2D eigenvalue weighted by Gasteiger charge is 2.13. The van der Waals surface area contributed by atoms with Crippen molar-refractivity contribution in [2.75, 3.05) is 11.9 Å². The average Bonchev–Trinajstić information content (AvgIpc) is 2.53. The predicted octanol–water partition coefficient (Wildman–Crippen LogP) is 4.06. The van der Waals surface area contributed by atoms with Gasteiger partial charge in [-0.05, 0) is 30.3 Å². The third-order valence-corrected chi connectivity index (χ3v) is 3.48. The minimum Gasteiger partial charge on any atom is -0.484 e. The minimum atomic E-state index is -0.313. The van der Waals surface area contributed by atoms with Gasteiger partial charge in [-0.1, -0.05) is 41.1 Å². The number of ketones is 1. The maximum Gasteiger partial charge on any atom is 0.262 e. The van der Waals surface area contributed by atoms with E-state index in [0.717, 1.165) is 4.47 Å². The molecule has 0 fully saturated rings. The Labute approximate surface area is 137 Å². The molecule has 0 aliphatic rings. The standard InChI is InChI=1S/C17H16BrNO3/c1-2-16(20)14-9-8-12(18)10-15(14)19-17(21)11-22-13-6-4-3-5-7-13/h3-10H,2,11H2,1H3,(H,19,21). The van der Waals surface area contributed by atoms with E-state index >= 15 is 0 Å². The number of rotatable bonds is 6. The Morgan fingerprint density at radius 3 is 2.55 bits per heavy atom. The molecule has 0 atom stereocenters. The number of halogens is 1. The molecule has 0 radical (unpaired) electrons. The Hall–Kier alpha value is -2.14. The number of carbonyl (C=O) groups is 2. The molecular formula is C17H16BrNO3. The summed E-state index contributed by atoms with van der Waals surface area (Å²) in [7, 11) is 0. The Bertz CT molecular complexity index is 671. The third-order valence-electron chi connectivity index (χ3n) is 2.99. The molecule has 0 saturated heterocycles. The molecule has 2 aromatic rings. The monoisotopic (exact) mass is 361 g/mol. The van der Waals surface area contributed by atoms with Gasteiger partial charge >= 0.3 is 0 Å². The zero-order valence-electron chi connectivity index (χ0n) is 12.1. The fraction of sp³-hybridized carbons (Fsp3) is 0.176. The number of hydrogen-bond donors (Lipinski definition) is 1. The fourth-order valence-electron chi connectivity index (χ4n) is 1.91. The lowest BCUT2D eigenvalue weighted by atomic mass is 10.1. The van der Waals surface area contributed by atoms with Gasteiger partial charge in [-0.25, -0.2) is 0 Å². The molecule has 1 amide bonds. The number of benzene rings is 2. The molecule has 2 rings (SSSR count). The molecule has 5 heteroatoms. The van der Waals surface area contributed by atoms with E-state index in [2.05, 4.69) is 21.2 Å². The van der Waals surface area contributed by atoms with Crippen LogP contribution in [-0.2, 0) is 4.79 Å². The third kappa shape index (κ3) is 4.43. The average molecular weight is 362 g/mol. The van der Waals surface area contributed by atoms with E-state index in [4.69, 9.17) is 4.74 Å². The van der Waals surface area contributed by atoms with Gasteiger partial charge in [-0.3, -0.25) is 9.59 Å². The first-order chi connectivity index (χ1) is 10.6. The van der Waals surface area contributed by atoms with Gasteiger partial charge in [0.05, 0.1) is 5.69 Å². The molecule has 0 saturated carbocycles. The summed E-state index contributed by atoms with van der Waals surface area (Å²) >= 11 is 3.34. The summed E-state index contributed by atoms with van der Waals surface area (Å²) < 4.78 is 6.18. The number of nitrogens with one attached hydrogen (secondary N) is 1. The number of amides is 1. The van der Waals surface area contributed by atoms with E-state index in [0.29, 0.717) is 23.4 Å². The van der Waals surface area contributed by atoms with Crippen LogP contribution in [0.1, 0.15) is 23.7 Å². The lowest BCUT2D eigenvalue weighted by molar-refractivity contribution is -0.118. The second kappa shape index (κ2) is 7.75. The zero-order chi connectivity index (χ0) is 15.9. The number of hydrogen-bond acceptors (Lipinski definition) is 3. The van der Waals surface area contributed by atoms with Crippen molar-refractivity contribution < 1.29 is 14.3 Å². The Balaban J connectivity index is 2.04. The normalized spacial score (nSPS) is 10.1. The number of ether oxygens (including phenoxy) is 1. The van der Waals surface area contributed by atoms with Crippen LogP contribution in [0.15, 0.2) is 53.0 Å². The Morgan fingerprint density at radius 2 is 1.86 bits per heavy atom. The van der Waals surface area contributed by atoms with Crippen LogP contribution in [0.4, 0.5) is 5.69 Å². The summed E-state index contributed by atoms with van der Waals surface area (Å²) in [5.41, 5.74) is 0.988. The smallest absolute Gasteiger partial charge is 0.262 e. The first-order valence-corrected chi connectivity index (χ1v) is 7.70. The number of para-hydroxylation sites is 1.